The first-order chi connectivity index (χ1) is 10.1. The molecule has 21 heavy (non-hydrogen) atoms. The lowest BCUT2D eigenvalue weighted by Gasteiger charge is -2.06. The molecule has 0 radical (unpaired) electrons. The third-order valence-corrected chi connectivity index (χ3v) is 3.27. The average Bonchev–Trinajstić information content (AvgIpc) is 2.93. The molecule has 0 amide bonds. The minimum absolute atomic E-state index is 0.125. The molecule has 0 atom stereocenters. The molecule has 0 unspecified atom stereocenters. The highest BCUT2D eigenvalue weighted by atomic mass is 16.5. The van der Waals surface area contributed by atoms with Crippen molar-refractivity contribution in [1.82, 2.24) is 4.98 Å². The van der Waals surface area contributed by atoms with Gasteiger partial charge in [0.15, 0.2) is 0 Å². The number of hydrogen-bond acceptors (Lipinski definition) is 4. The van der Waals surface area contributed by atoms with E-state index in [0.717, 1.165) is 11.3 Å². The number of aromatic amines is 1. The summed E-state index contributed by atoms with van der Waals surface area (Å²) < 4.78 is 9.57. The Balaban J connectivity index is 2.75. The minimum atomic E-state index is -0.590. The van der Waals surface area contributed by atoms with Crippen molar-refractivity contribution in [2.45, 2.75) is 13.3 Å². The Morgan fingerprint density at radius 1 is 1.05 bits per heavy atom. The Labute approximate surface area is 122 Å². The van der Waals surface area contributed by atoms with Crippen molar-refractivity contribution >= 4 is 11.9 Å². The van der Waals surface area contributed by atoms with Crippen LogP contribution in [0.15, 0.2) is 30.3 Å². The largest absolute Gasteiger partial charge is 0.465 e. The molecule has 1 aromatic carbocycles. The molecule has 0 aliphatic heterocycles. The van der Waals surface area contributed by atoms with E-state index in [-0.39, 0.29) is 11.3 Å². The van der Waals surface area contributed by atoms with E-state index in [1.807, 2.05) is 37.3 Å². The van der Waals surface area contributed by atoms with Crippen LogP contribution in [-0.4, -0.2) is 31.1 Å². The highest BCUT2D eigenvalue weighted by Gasteiger charge is 2.28. The summed E-state index contributed by atoms with van der Waals surface area (Å²) in [5.41, 5.74) is 2.67. The molecule has 0 saturated heterocycles. The van der Waals surface area contributed by atoms with Gasteiger partial charge >= 0.3 is 11.9 Å². The van der Waals surface area contributed by atoms with Crippen LogP contribution in [0.3, 0.4) is 0 Å². The van der Waals surface area contributed by atoms with Crippen LogP contribution in [0.25, 0.3) is 11.1 Å². The second-order valence-electron chi connectivity index (χ2n) is 4.43. The number of carbonyl (C=O) groups is 2. The van der Waals surface area contributed by atoms with E-state index < -0.39 is 11.9 Å². The van der Waals surface area contributed by atoms with Gasteiger partial charge in [-0.2, -0.15) is 0 Å². The summed E-state index contributed by atoms with van der Waals surface area (Å²) in [6, 6.07) is 9.41. The molecule has 2 rings (SSSR count). The summed E-state index contributed by atoms with van der Waals surface area (Å²) in [4.78, 5) is 27.0. The van der Waals surface area contributed by atoms with Crippen LogP contribution in [0.4, 0.5) is 0 Å². The normalized spacial score (nSPS) is 10.2. The molecule has 5 heteroatoms. The van der Waals surface area contributed by atoms with Crippen molar-refractivity contribution in [3.8, 4) is 11.1 Å². The molecular weight excluding hydrogens is 270 g/mol. The van der Waals surface area contributed by atoms with E-state index in [4.69, 9.17) is 9.47 Å². The van der Waals surface area contributed by atoms with Gasteiger partial charge in [0.25, 0.3) is 0 Å². The molecule has 0 aliphatic rings. The fourth-order valence-corrected chi connectivity index (χ4v) is 2.30. The van der Waals surface area contributed by atoms with E-state index in [1.54, 1.807) is 0 Å². The average molecular weight is 287 g/mol. The third kappa shape index (κ3) is 2.67. The Bertz CT molecular complexity index is 658. The van der Waals surface area contributed by atoms with E-state index in [2.05, 4.69) is 4.98 Å². The van der Waals surface area contributed by atoms with Gasteiger partial charge in [-0.15, -0.1) is 0 Å². The monoisotopic (exact) mass is 287 g/mol. The van der Waals surface area contributed by atoms with Crippen LogP contribution < -0.4 is 0 Å². The first kappa shape index (κ1) is 14.8. The van der Waals surface area contributed by atoms with E-state index in [1.165, 1.54) is 14.2 Å². The number of hydrogen-bond donors (Lipinski definition) is 1. The van der Waals surface area contributed by atoms with Crippen molar-refractivity contribution in [2.75, 3.05) is 14.2 Å². The van der Waals surface area contributed by atoms with Crippen molar-refractivity contribution in [3.63, 3.8) is 0 Å². The molecule has 1 heterocycles. The summed E-state index contributed by atoms with van der Waals surface area (Å²) in [7, 11) is 2.56. The maximum Gasteiger partial charge on any atom is 0.355 e. The van der Waals surface area contributed by atoms with E-state index in [9.17, 15) is 9.59 Å². The van der Waals surface area contributed by atoms with Gasteiger partial charge in [-0.05, 0) is 12.0 Å². The van der Waals surface area contributed by atoms with Gasteiger partial charge in [0.1, 0.15) is 11.3 Å². The molecule has 2 aromatic rings. The van der Waals surface area contributed by atoms with E-state index >= 15 is 0 Å². The lowest BCUT2D eigenvalue weighted by atomic mass is 9.99. The molecule has 1 N–H and O–H groups in total. The first-order valence-electron chi connectivity index (χ1n) is 6.60. The summed E-state index contributed by atoms with van der Waals surface area (Å²) in [5.74, 6) is -1.16. The van der Waals surface area contributed by atoms with Gasteiger partial charge in [-0.25, -0.2) is 9.59 Å². The summed E-state index contributed by atoms with van der Waals surface area (Å²) in [6.45, 7) is 1.94. The van der Waals surface area contributed by atoms with Gasteiger partial charge in [0.2, 0.25) is 0 Å². The predicted octanol–water partition coefficient (Wildman–Crippen LogP) is 2.82. The van der Waals surface area contributed by atoms with Crippen LogP contribution in [0, 0.1) is 0 Å². The van der Waals surface area contributed by atoms with Gasteiger partial charge < -0.3 is 14.5 Å². The molecule has 0 fully saturated rings. The Morgan fingerprint density at radius 3 is 2.19 bits per heavy atom. The predicted molar refractivity (Wildman–Crippen MR) is 78.3 cm³/mol. The number of nitrogens with one attached hydrogen (secondary N) is 1. The molecule has 1 aromatic heterocycles. The number of methoxy groups -OCH3 is 2. The van der Waals surface area contributed by atoms with Gasteiger partial charge in [0, 0.05) is 11.3 Å². The number of ether oxygens (including phenoxy) is 2. The highest BCUT2D eigenvalue weighted by molar-refractivity contribution is 6.08. The molecule has 0 bridgehead atoms. The standard InChI is InChI=1S/C16H17NO4/c1-4-11-12(10-8-6-5-7-9-10)13(15(18)20-2)14(17-11)16(19)21-3/h5-9,17H,4H2,1-3H3. The lowest BCUT2D eigenvalue weighted by molar-refractivity contribution is 0.0552. The zero-order chi connectivity index (χ0) is 15.4. The SMILES string of the molecule is CCc1[nH]c(C(=O)OC)c(C(=O)OC)c1-c1ccccc1. The lowest BCUT2D eigenvalue weighted by Crippen LogP contribution is -2.11. The smallest absolute Gasteiger partial charge is 0.355 e. The van der Waals surface area contributed by atoms with Gasteiger partial charge in [0.05, 0.1) is 14.2 Å². The second kappa shape index (κ2) is 6.26. The minimum Gasteiger partial charge on any atom is -0.465 e. The summed E-state index contributed by atoms with van der Waals surface area (Å²) >= 11 is 0. The third-order valence-electron chi connectivity index (χ3n) is 3.27. The summed E-state index contributed by atoms with van der Waals surface area (Å²) in [5, 5.41) is 0. The number of benzene rings is 1. The number of aromatic nitrogens is 1. The van der Waals surface area contributed by atoms with Crippen LogP contribution in [-0.2, 0) is 15.9 Å². The first-order valence-corrected chi connectivity index (χ1v) is 6.60. The second-order valence-corrected chi connectivity index (χ2v) is 4.43. The van der Waals surface area contributed by atoms with Crippen LogP contribution in [0.5, 0.6) is 0 Å². The molecule has 0 aliphatic carbocycles. The number of esters is 2. The van der Waals surface area contributed by atoms with Crippen LogP contribution >= 0.6 is 0 Å². The van der Waals surface area contributed by atoms with Crippen molar-refractivity contribution in [3.05, 3.63) is 47.3 Å². The van der Waals surface area contributed by atoms with E-state index in [0.29, 0.717) is 12.0 Å². The molecule has 110 valence electrons. The number of rotatable bonds is 4. The summed E-state index contributed by atoms with van der Waals surface area (Å²) in [6.07, 6.45) is 0.644. The zero-order valence-electron chi connectivity index (χ0n) is 12.2. The topological polar surface area (TPSA) is 68.4 Å². The molecule has 0 spiro atoms. The zero-order valence-corrected chi connectivity index (χ0v) is 12.2. The van der Waals surface area contributed by atoms with Crippen LogP contribution in [0.2, 0.25) is 0 Å². The quantitative estimate of drug-likeness (QED) is 0.878. The van der Waals surface area contributed by atoms with Crippen molar-refractivity contribution in [1.29, 1.82) is 0 Å². The van der Waals surface area contributed by atoms with Gasteiger partial charge in [-0.1, -0.05) is 37.3 Å². The van der Waals surface area contributed by atoms with Gasteiger partial charge in [-0.3, -0.25) is 0 Å². The molecular formula is C16H17NO4. The molecule has 5 nitrogen and oxygen atoms in total. The number of aryl methyl sites for hydroxylation is 1. The Kier molecular flexibility index (Phi) is 4.42. The van der Waals surface area contributed by atoms with Crippen LogP contribution in [0.1, 0.15) is 33.5 Å². The number of carbonyl (C=O) groups excluding carboxylic acids is 2. The fraction of sp³-hybridized carbons (Fsp3) is 0.250. The highest BCUT2D eigenvalue weighted by Crippen LogP contribution is 2.31. The van der Waals surface area contributed by atoms with Crippen molar-refractivity contribution in [2.24, 2.45) is 0 Å². The Hall–Kier alpha value is -2.56. The number of H-pyrrole nitrogens is 1. The fourth-order valence-electron chi connectivity index (χ4n) is 2.30. The van der Waals surface area contributed by atoms with Crippen molar-refractivity contribution < 1.29 is 19.1 Å². The maximum absolute atomic E-state index is 12.1. The Morgan fingerprint density at radius 2 is 1.67 bits per heavy atom. The maximum atomic E-state index is 12.1. The molecule has 0 saturated carbocycles.